The smallest absolute Gasteiger partial charge is 0.120 e. The predicted molar refractivity (Wildman–Crippen MR) is 72.5 cm³/mol. The van der Waals surface area contributed by atoms with Gasteiger partial charge in [-0.2, -0.15) is 0 Å². The maximum absolute atomic E-state index is 13.4. The molecule has 94 valence electrons. The Bertz CT molecular complexity index is 354. The molecular weight excluding hydrogens is 213 g/mol. The summed E-state index contributed by atoms with van der Waals surface area (Å²) in [7, 11) is 0. The molecule has 0 aromatic carbocycles. The van der Waals surface area contributed by atoms with Gasteiger partial charge in [0, 0.05) is 24.7 Å². The second kappa shape index (κ2) is 5.97. The summed E-state index contributed by atoms with van der Waals surface area (Å²) in [4.78, 5) is 2.25. The number of rotatable bonds is 4. The molecule has 0 bridgehead atoms. The number of nitrogens with zero attached hydrogens (tertiary/aromatic N) is 1. The van der Waals surface area contributed by atoms with Crippen molar-refractivity contribution in [2.24, 2.45) is 5.92 Å². The van der Waals surface area contributed by atoms with E-state index in [1.54, 1.807) is 12.2 Å². The molecule has 0 N–H and O–H groups in total. The third-order valence-electron chi connectivity index (χ3n) is 3.22. The Hall–Kier alpha value is -1.15. The predicted octanol–water partition coefficient (Wildman–Crippen LogP) is 3.87. The van der Waals surface area contributed by atoms with Gasteiger partial charge >= 0.3 is 0 Å². The minimum atomic E-state index is -0.374. The van der Waals surface area contributed by atoms with E-state index in [9.17, 15) is 4.39 Å². The summed E-state index contributed by atoms with van der Waals surface area (Å²) in [5.74, 6) is 0.206. The van der Waals surface area contributed by atoms with Gasteiger partial charge in [0.1, 0.15) is 5.83 Å². The first kappa shape index (κ1) is 13.9. The van der Waals surface area contributed by atoms with Crippen molar-refractivity contribution in [1.29, 1.82) is 0 Å². The van der Waals surface area contributed by atoms with Crippen LogP contribution < -0.4 is 0 Å². The Balaban J connectivity index is 2.83. The van der Waals surface area contributed by atoms with Gasteiger partial charge in [0.15, 0.2) is 0 Å². The molecule has 0 aliphatic carbocycles. The van der Waals surface area contributed by atoms with Crippen LogP contribution in [0.1, 0.15) is 20.3 Å². The lowest BCUT2D eigenvalue weighted by molar-refractivity contribution is 0.188. The molecule has 0 saturated carbocycles. The van der Waals surface area contributed by atoms with Gasteiger partial charge in [-0.25, -0.2) is 4.39 Å². The Morgan fingerprint density at radius 1 is 1.59 bits per heavy atom. The monoisotopic (exact) mass is 235 g/mol. The third kappa shape index (κ3) is 3.67. The average Bonchev–Trinajstić information content (AvgIpc) is 2.23. The molecule has 0 amide bonds. The zero-order valence-corrected chi connectivity index (χ0v) is 10.9. The van der Waals surface area contributed by atoms with E-state index in [0.717, 1.165) is 19.5 Å². The Morgan fingerprint density at radius 3 is 2.71 bits per heavy atom. The summed E-state index contributed by atoms with van der Waals surface area (Å²) in [6.07, 6.45) is 4.38. The van der Waals surface area contributed by atoms with Crippen molar-refractivity contribution in [3.05, 3.63) is 48.9 Å². The van der Waals surface area contributed by atoms with E-state index in [0.29, 0.717) is 11.5 Å². The van der Waals surface area contributed by atoms with E-state index in [4.69, 9.17) is 0 Å². The first-order valence-electron chi connectivity index (χ1n) is 6.03. The average molecular weight is 235 g/mol. The minimum Gasteiger partial charge on any atom is -0.292 e. The maximum atomic E-state index is 13.4. The Morgan fingerprint density at radius 2 is 2.24 bits per heavy atom. The fraction of sp³-hybridized carbons (Fsp3) is 0.467. The van der Waals surface area contributed by atoms with Gasteiger partial charge in [-0.05, 0) is 19.3 Å². The largest absolute Gasteiger partial charge is 0.292 e. The van der Waals surface area contributed by atoms with E-state index in [1.807, 2.05) is 6.92 Å². The van der Waals surface area contributed by atoms with Gasteiger partial charge in [0.05, 0.1) is 0 Å². The molecule has 1 saturated heterocycles. The summed E-state index contributed by atoms with van der Waals surface area (Å²) in [6.45, 7) is 17.1. The normalized spacial score (nSPS) is 24.5. The van der Waals surface area contributed by atoms with Crippen LogP contribution in [0.5, 0.6) is 0 Å². The highest BCUT2D eigenvalue weighted by atomic mass is 19.1. The molecule has 1 aliphatic heterocycles. The second-order valence-electron chi connectivity index (χ2n) is 4.93. The molecule has 1 heterocycles. The van der Waals surface area contributed by atoms with Crippen LogP contribution >= 0.6 is 0 Å². The van der Waals surface area contributed by atoms with Gasteiger partial charge in [0.25, 0.3) is 0 Å². The van der Waals surface area contributed by atoms with Crippen LogP contribution in [0.4, 0.5) is 4.39 Å². The van der Waals surface area contributed by atoms with Crippen LogP contribution in [0.3, 0.4) is 0 Å². The molecule has 17 heavy (non-hydrogen) atoms. The zero-order valence-electron chi connectivity index (χ0n) is 10.9. The maximum Gasteiger partial charge on any atom is 0.120 e. The SMILES string of the molecule is C=C/C=C(\C(=C)F)[C@H](C)N1CC(=C)CC(C)C1. The number of piperidine rings is 1. The van der Waals surface area contributed by atoms with Crippen molar-refractivity contribution in [1.82, 2.24) is 4.90 Å². The second-order valence-corrected chi connectivity index (χ2v) is 4.93. The molecule has 1 unspecified atom stereocenters. The fourth-order valence-corrected chi connectivity index (χ4v) is 2.45. The number of hydrogen-bond donors (Lipinski definition) is 0. The molecule has 2 atom stereocenters. The van der Waals surface area contributed by atoms with E-state index >= 15 is 0 Å². The van der Waals surface area contributed by atoms with Crippen molar-refractivity contribution in [3.8, 4) is 0 Å². The van der Waals surface area contributed by atoms with Crippen molar-refractivity contribution in [2.75, 3.05) is 13.1 Å². The zero-order chi connectivity index (χ0) is 13.0. The van der Waals surface area contributed by atoms with E-state index < -0.39 is 0 Å². The summed E-state index contributed by atoms with van der Waals surface area (Å²) in [6, 6.07) is 0.0185. The quantitative estimate of drug-likeness (QED) is 0.528. The molecule has 1 rings (SSSR count). The first-order chi connectivity index (χ1) is 7.95. The summed E-state index contributed by atoms with van der Waals surface area (Å²) in [5.41, 5.74) is 1.83. The first-order valence-corrected chi connectivity index (χ1v) is 6.03. The topological polar surface area (TPSA) is 3.24 Å². The Labute approximate surface area is 104 Å². The standard InChI is InChI=1S/C15H22FN/c1-6-7-15(13(4)16)14(5)17-9-11(2)8-12(3)10-17/h6-7,12,14H,1-2,4,8-10H2,3,5H3/b15-7+/t12?,14-/m0/s1. The van der Waals surface area contributed by atoms with Crippen LogP contribution in [0, 0.1) is 5.92 Å². The molecule has 0 spiro atoms. The van der Waals surface area contributed by atoms with Gasteiger partial charge < -0.3 is 0 Å². The summed E-state index contributed by atoms with van der Waals surface area (Å²) >= 11 is 0. The van der Waals surface area contributed by atoms with Crippen LogP contribution in [-0.4, -0.2) is 24.0 Å². The van der Waals surface area contributed by atoms with E-state index in [-0.39, 0.29) is 11.9 Å². The lowest BCUT2D eigenvalue weighted by Gasteiger charge is -2.37. The number of likely N-dealkylation sites (tertiary alicyclic amines) is 1. The van der Waals surface area contributed by atoms with Crippen molar-refractivity contribution in [3.63, 3.8) is 0 Å². The van der Waals surface area contributed by atoms with Crippen molar-refractivity contribution < 1.29 is 4.39 Å². The lowest BCUT2D eigenvalue weighted by Crippen LogP contribution is -2.42. The molecule has 1 aliphatic rings. The highest BCUT2D eigenvalue weighted by Crippen LogP contribution is 2.26. The van der Waals surface area contributed by atoms with Crippen molar-refractivity contribution >= 4 is 0 Å². The van der Waals surface area contributed by atoms with Gasteiger partial charge in [-0.3, -0.25) is 4.90 Å². The number of allylic oxidation sites excluding steroid dienone is 2. The highest BCUT2D eigenvalue weighted by molar-refractivity contribution is 5.31. The number of hydrogen-bond acceptors (Lipinski definition) is 1. The molecular formula is C15H22FN. The van der Waals surface area contributed by atoms with Crippen LogP contribution in [0.2, 0.25) is 0 Å². The minimum absolute atomic E-state index is 0.0185. The fourth-order valence-electron chi connectivity index (χ4n) is 2.45. The molecule has 1 fully saturated rings. The van der Waals surface area contributed by atoms with Gasteiger partial charge in [-0.1, -0.05) is 44.4 Å². The molecule has 0 aromatic rings. The highest BCUT2D eigenvalue weighted by Gasteiger charge is 2.25. The van der Waals surface area contributed by atoms with Crippen LogP contribution in [-0.2, 0) is 0 Å². The molecule has 1 nitrogen and oxygen atoms in total. The van der Waals surface area contributed by atoms with Crippen LogP contribution in [0.15, 0.2) is 48.9 Å². The van der Waals surface area contributed by atoms with Gasteiger partial charge in [-0.15, -0.1) is 0 Å². The Kier molecular flexibility index (Phi) is 4.88. The number of halogens is 1. The third-order valence-corrected chi connectivity index (χ3v) is 3.22. The molecule has 0 radical (unpaired) electrons. The van der Waals surface area contributed by atoms with Crippen molar-refractivity contribution in [2.45, 2.75) is 26.3 Å². The van der Waals surface area contributed by atoms with Crippen LogP contribution in [0.25, 0.3) is 0 Å². The molecule has 2 heteroatoms. The molecule has 0 aromatic heterocycles. The van der Waals surface area contributed by atoms with E-state index in [2.05, 4.69) is 31.6 Å². The lowest BCUT2D eigenvalue weighted by atomic mass is 9.93. The summed E-state index contributed by atoms with van der Waals surface area (Å²) < 4.78 is 13.4. The van der Waals surface area contributed by atoms with Gasteiger partial charge in [0.2, 0.25) is 0 Å². The van der Waals surface area contributed by atoms with E-state index in [1.165, 1.54) is 5.57 Å². The summed E-state index contributed by atoms with van der Waals surface area (Å²) in [5, 5.41) is 0.